The van der Waals surface area contributed by atoms with Gasteiger partial charge in [0.05, 0.1) is 15.6 Å². The largest absolute Gasteiger partial charge is 0.334 e. The smallest absolute Gasteiger partial charge is 0.255 e. The first-order valence-electron chi connectivity index (χ1n) is 7.12. The van der Waals surface area contributed by atoms with E-state index in [4.69, 9.17) is 23.2 Å². The van der Waals surface area contributed by atoms with Crippen LogP contribution < -0.4 is 5.32 Å². The first-order valence-corrected chi connectivity index (χ1v) is 7.88. The van der Waals surface area contributed by atoms with Gasteiger partial charge in [0.25, 0.3) is 5.91 Å². The third-order valence-electron chi connectivity index (χ3n) is 4.07. The maximum absolute atomic E-state index is 12.8. The molecule has 2 aliphatic rings. The highest BCUT2D eigenvalue weighted by Gasteiger charge is 2.33. The summed E-state index contributed by atoms with van der Waals surface area (Å²) in [6.45, 7) is 2.69. The van der Waals surface area contributed by atoms with Gasteiger partial charge in [-0.05, 0) is 43.9 Å². The third kappa shape index (κ3) is 3.84. The van der Waals surface area contributed by atoms with Gasteiger partial charge in [-0.25, -0.2) is 0 Å². The van der Waals surface area contributed by atoms with Gasteiger partial charge in [0, 0.05) is 19.1 Å². The van der Waals surface area contributed by atoms with Gasteiger partial charge in [-0.3, -0.25) is 4.79 Å². The molecule has 116 valence electrons. The molecule has 0 unspecified atom stereocenters. The Morgan fingerprint density at radius 2 is 2.05 bits per heavy atom. The summed E-state index contributed by atoms with van der Waals surface area (Å²) < 4.78 is 0. The van der Waals surface area contributed by atoms with Crippen LogP contribution in [0.3, 0.4) is 0 Å². The molecule has 1 aliphatic heterocycles. The molecular formula is C15H19Cl3N2O. The lowest BCUT2D eigenvalue weighted by atomic mass is 10.1. The van der Waals surface area contributed by atoms with Crippen molar-refractivity contribution in [3.63, 3.8) is 0 Å². The summed E-state index contributed by atoms with van der Waals surface area (Å²) in [6.07, 6.45) is 3.47. The summed E-state index contributed by atoms with van der Waals surface area (Å²) in [4.78, 5) is 14.8. The van der Waals surface area contributed by atoms with E-state index in [2.05, 4.69) is 5.32 Å². The number of benzene rings is 1. The van der Waals surface area contributed by atoms with Crippen molar-refractivity contribution in [3.05, 3.63) is 33.8 Å². The van der Waals surface area contributed by atoms with E-state index in [1.54, 1.807) is 18.2 Å². The summed E-state index contributed by atoms with van der Waals surface area (Å²) in [7, 11) is 0. The summed E-state index contributed by atoms with van der Waals surface area (Å²) >= 11 is 12.2. The third-order valence-corrected chi connectivity index (χ3v) is 4.89. The first-order chi connectivity index (χ1) is 9.66. The highest BCUT2D eigenvalue weighted by atomic mass is 35.5. The Labute approximate surface area is 141 Å². The van der Waals surface area contributed by atoms with E-state index in [0.717, 1.165) is 26.1 Å². The highest BCUT2D eigenvalue weighted by Crippen LogP contribution is 2.33. The molecule has 0 radical (unpaired) electrons. The lowest BCUT2D eigenvalue weighted by molar-refractivity contribution is 0.0682. The van der Waals surface area contributed by atoms with E-state index in [9.17, 15) is 4.79 Å². The number of carbonyl (C=O) groups excluding carboxylic acids is 1. The van der Waals surface area contributed by atoms with Gasteiger partial charge in [0.15, 0.2) is 0 Å². The van der Waals surface area contributed by atoms with Gasteiger partial charge < -0.3 is 10.2 Å². The van der Waals surface area contributed by atoms with E-state index in [0.29, 0.717) is 21.5 Å². The monoisotopic (exact) mass is 348 g/mol. The number of carbonyl (C=O) groups is 1. The molecular weight excluding hydrogens is 331 g/mol. The van der Waals surface area contributed by atoms with Crippen molar-refractivity contribution in [2.24, 2.45) is 5.92 Å². The van der Waals surface area contributed by atoms with Crippen molar-refractivity contribution in [1.29, 1.82) is 0 Å². The normalized spacial score (nSPS) is 21.0. The zero-order valence-corrected chi connectivity index (χ0v) is 14.0. The molecule has 6 heteroatoms. The van der Waals surface area contributed by atoms with E-state index < -0.39 is 0 Å². The van der Waals surface area contributed by atoms with Crippen LogP contribution in [0.25, 0.3) is 0 Å². The van der Waals surface area contributed by atoms with Crippen molar-refractivity contribution in [2.45, 2.75) is 25.3 Å². The molecule has 0 spiro atoms. The molecule has 1 saturated carbocycles. The van der Waals surface area contributed by atoms with Crippen LogP contribution in [0.2, 0.25) is 10.0 Å². The fourth-order valence-corrected chi connectivity index (χ4v) is 3.09. The number of hydrogen-bond acceptors (Lipinski definition) is 2. The maximum Gasteiger partial charge on any atom is 0.255 e. The quantitative estimate of drug-likeness (QED) is 0.900. The lowest BCUT2D eigenvalue weighted by Crippen LogP contribution is -2.43. The molecule has 1 atom stereocenters. The number of hydrogen-bond donors (Lipinski definition) is 1. The lowest BCUT2D eigenvalue weighted by Gasteiger charge is -2.29. The number of rotatable bonds is 4. The van der Waals surface area contributed by atoms with Crippen molar-refractivity contribution in [3.8, 4) is 0 Å². The predicted molar refractivity (Wildman–Crippen MR) is 88.7 cm³/mol. The zero-order valence-electron chi connectivity index (χ0n) is 11.6. The summed E-state index contributed by atoms with van der Waals surface area (Å²) in [5, 5.41) is 4.13. The summed E-state index contributed by atoms with van der Waals surface area (Å²) in [6, 6.07) is 5.53. The van der Waals surface area contributed by atoms with Crippen molar-refractivity contribution in [2.75, 3.05) is 19.6 Å². The average molecular weight is 350 g/mol. The Morgan fingerprint density at radius 1 is 1.29 bits per heavy atom. The Balaban J connectivity index is 0.00000161. The van der Waals surface area contributed by atoms with E-state index in [-0.39, 0.29) is 24.4 Å². The molecule has 2 fully saturated rings. The number of halogens is 3. The minimum atomic E-state index is 0. The molecule has 1 N–H and O–H groups in total. The van der Waals surface area contributed by atoms with Gasteiger partial charge in [-0.1, -0.05) is 29.3 Å². The molecule has 0 bridgehead atoms. The fraction of sp³-hybridized carbons (Fsp3) is 0.533. The van der Waals surface area contributed by atoms with Crippen LogP contribution in [0.1, 0.15) is 29.6 Å². The minimum Gasteiger partial charge on any atom is -0.334 e. The average Bonchev–Trinajstić information content (AvgIpc) is 3.10. The molecule has 3 nitrogen and oxygen atoms in total. The molecule has 1 amide bonds. The number of nitrogens with one attached hydrogen (secondary N) is 1. The number of amides is 1. The van der Waals surface area contributed by atoms with Gasteiger partial charge in [-0.15, -0.1) is 12.4 Å². The standard InChI is InChI=1S/C15H18Cl2N2O.ClH/c16-13-3-1-2-12(14(13)17)15(20)19(9-10-4-5-10)11-6-7-18-8-11;/h1-3,10-11,18H,4-9H2;1H/t11-;/m0./s1. The van der Waals surface area contributed by atoms with Crippen LogP contribution in [-0.4, -0.2) is 36.5 Å². The Kier molecular flexibility index (Phi) is 5.78. The molecule has 3 rings (SSSR count). The minimum absolute atomic E-state index is 0. The van der Waals surface area contributed by atoms with E-state index in [1.165, 1.54) is 12.8 Å². The molecule has 1 aromatic carbocycles. The van der Waals surface area contributed by atoms with Gasteiger partial charge in [0.2, 0.25) is 0 Å². The van der Waals surface area contributed by atoms with Crippen LogP contribution in [0.15, 0.2) is 18.2 Å². The Morgan fingerprint density at radius 3 is 2.67 bits per heavy atom. The van der Waals surface area contributed by atoms with Crippen LogP contribution in [0, 0.1) is 5.92 Å². The topological polar surface area (TPSA) is 32.3 Å². The van der Waals surface area contributed by atoms with Crippen LogP contribution in [0.5, 0.6) is 0 Å². The van der Waals surface area contributed by atoms with E-state index in [1.807, 2.05) is 4.90 Å². The molecule has 21 heavy (non-hydrogen) atoms. The second-order valence-corrected chi connectivity index (χ2v) is 6.43. The molecule has 0 aromatic heterocycles. The first kappa shape index (κ1) is 16.9. The van der Waals surface area contributed by atoms with Crippen molar-refractivity contribution in [1.82, 2.24) is 10.2 Å². The highest BCUT2D eigenvalue weighted by molar-refractivity contribution is 6.43. The van der Waals surface area contributed by atoms with Crippen LogP contribution in [-0.2, 0) is 0 Å². The summed E-state index contributed by atoms with van der Waals surface area (Å²) in [5.41, 5.74) is 0.520. The van der Waals surface area contributed by atoms with Crippen LogP contribution in [0.4, 0.5) is 0 Å². The Hall–Kier alpha value is -0.480. The maximum atomic E-state index is 12.8. The van der Waals surface area contributed by atoms with Gasteiger partial charge in [-0.2, -0.15) is 0 Å². The van der Waals surface area contributed by atoms with Gasteiger partial charge in [0.1, 0.15) is 0 Å². The SMILES string of the molecule is Cl.O=C(c1cccc(Cl)c1Cl)N(CC1CC1)[C@H]1CCNC1. The van der Waals surface area contributed by atoms with Gasteiger partial charge >= 0.3 is 0 Å². The molecule has 1 aliphatic carbocycles. The molecule has 1 aromatic rings. The Bertz CT molecular complexity index is 514. The zero-order chi connectivity index (χ0) is 14.1. The van der Waals surface area contributed by atoms with Crippen molar-refractivity contribution < 1.29 is 4.79 Å². The van der Waals surface area contributed by atoms with E-state index >= 15 is 0 Å². The second kappa shape index (κ2) is 7.19. The second-order valence-electron chi connectivity index (χ2n) is 5.65. The number of nitrogens with zero attached hydrogens (tertiary/aromatic N) is 1. The predicted octanol–water partition coefficient (Wildman–Crippen LogP) is 3.63. The molecule has 1 heterocycles. The fourth-order valence-electron chi connectivity index (χ4n) is 2.71. The van der Waals surface area contributed by atoms with Crippen molar-refractivity contribution >= 4 is 41.5 Å². The molecule has 1 saturated heterocycles. The van der Waals surface area contributed by atoms with Crippen LogP contribution >= 0.6 is 35.6 Å². The summed E-state index contributed by atoms with van der Waals surface area (Å²) in [5.74, 6) is 0.676.